The molecular weight excluding hydrogens is 336 g/mol. The quantitative estimate of drug-likeness (QED) is 0.734. The molecule has 1 aliphatic rings. The van der Waals surface area contributed by atoms with Crippen molar-refractivity contribution in [3.05, 3.63) is 52.8 Å². The van der Waals surface area contributed by atoms with Gasteiger partial charge in [0.25, 0.3) is 5.91 Å². The van der Waals surface area contributed by atoms with Crippen LogP contribution in [0, 0.1) is 6.92 Å². The number of aromatic nitrogens is 3. The van der Waals surface area contributed by atoms with Crippen molar-refractivity contribution in [2.24, 2.45) is 7.05 Å². The molecule has 1 aliphatic carbocycles. The normalized spacial score (nSPS) is 14.6. The molecule has 4 rings (SSSR count). The molecule has 5 nitrogen and oxygen atoms in total. The Morgan fingerprint density at radius 1 is 1.22 bits per heavy atom. The SMILES string of the molecule is Cc1nn(C)c2nc(C3CC3)cc(C(=O)Nc3ccccc3C(C)(C)C)c12. The van der Waals surface area contributed by atoms with Crippen LogP contribution >= 0.6 is 0 Å². The van der Waals surface area contributed by atoms with E-state index in [9.17, 15) is 4.79 Å². The van der Waals surface area contributed by atoms with E-state index in [1.807, 2.05) is 38.2 Å². The third kappa shape index (κ3) is 3.22. The van der Waals surface area contributed by atoms with Crippen molar-refractivity contribution in [1.82, 2.24) is 14.8 Å². The van der Waals surface area contributed by atoms with Crippen LogP contribution in [0.5, 0.6) is 0 Å². The lowest BCUT2D eigenvalue weighted by atomic mass is 9.86. The van der Waals surface area contributed by atoms with Crippen molar-refractivity contribution in [1.29, 1.82) is 0 Å². The van der Waals surface area contributed by atoms with Crippen molar-refractivity contribution in [3.63, 3.8) is 0 Å². The van der Waals surface area contributed by atoms with Gasteiger partial charge in [-0.3, -0.25) is 9.48 Å². The van der Waals surface area contributed by atoms with Crippen molar-refractivity contribution >= 4 is 22.6 Å². The van der Waals surface area contributed by atoms with Crippen molar-refractivity contribution < 1.29 is 4.79 Å². The molecule has 0 aliphatic heterocycles. The topological polar surface area (TPSA) is 59.8 Å². The van der Waals surface area contributed by atoms with Crippen LogP contribution in [0.2, 0.25) is 0 Å². The van der Waals surface area contributed by atoms with E-state index < -0.39 is 0 Å². The van der Waals surface area contributed by atoms with E-state index >= 15 is 0 Å². The molecule has 0 bridgehead atoms. The number of hydrogen-bond donors (Lipinski definition) is 1. The molecule has 5 heteroatoms. The second kappa shape index (κ2) is 6.19. The standard InChI is InChI=1S/C22H26N4O/c1-13-19-15(12-18(14-10-11-14)23-20(19)26(5)25-13)21(27)24-17-9-7-6-8-16(17)22(2,3)4/h6-9,12,14H,10-11H2,1-5H3,(H,24,27). The van der Waals surface area contributed by atoms with Gasteiger partial charge in [0.05, 0.1) is 16.6 Å². The number of hydrogen-bond acceptors (Lipinski definition) is 3. The van der Waals surface area contributed by atoms with Crippen LogP contribution in [-0.4, -0.2) is 20.7 Å². The monoisotopic (exact) mass is 362 g/mol. The summed E-state index contributed by atoms with van der Waals surface area (Å²) in [6, 6.07) is 9.97. The summed E-state index contributed by atoms with van der Waals surface area (Å²) >= 11 is 0. The summed E-state index contributed by atoms with van der Waals surface area (Å²) in [5.74, 6) is 0.370. The first kappa shape index (κ1) is 17.7. The molecule has 27 heavy (non-hydrogen) atoms. The van der Waals surface area contributed by atoms with Gasteiger partial charge in [-0.05, 0) is 42.9 Å². The minimum atomic E-state index is -0.0999. The summed E-state index contributed by atoms with van der Waals surface area (Å²) < 4.78 is 1.77. The molecule has 3 aromatic rings. The second-order valence-corrected chi connectivity index (χ2v) is 8.53. The zero-order chi connectivity index (χ0) is 19.3. The van der Waals surface area contributed by atoms with Gasteiger partial charge in [0, 0.05) is 24.3 Å². The minimum absolute atomic E-state index is 0.0547. The minimum Gasteiger partial charge on any atom is -0.322 e. The zero-order valence-electron chi connectivity index (χ0n) is 16.6. The van der Waals surface area contributed by atoms with E-state index in [2.05, 4.69) is 37.3 Å². The van der Waals surface area contributed by atoms with E-state index in [1.165, 1.54) is 0 Å². The van der Waals surface area contributed by atoms with E-state index in [-0.39, 0.29) is 11.3 Å². The number of pyridine rings is 1. The molecular formula is C22H26N4O. The largest absolute Gasteiger partial charge is 0.322 e. The number of anilines is 1. The number of benzene rings is 1. The number of aryl methyl sites for hydroxylation is 2. The molecule has 0 radical (unpaired) electrons. The maximum atomic E-state index is 13.3. The molecule has 1 saturated carbocycles. The summed E-state index contributed by atoms with van der Waals surface area (Å²) in [5, 5.41) is 8.48. The first-order chi connectivity index (χ1) is 12.8. The lowest BCUT2D eigenvalue weighted by molar-refractivity contribution is 0.102. The van der Waals surface area contributed by atoms with Crippen molar-refractivity contribution in [3.8, 4) is 0 Å². The number of rotatable bonds is 3. The summed E-state index contributed by atoms with van der Waals surface area (Å²) in [6.45, 7) is 8.39. The van der Waals surface area contributed by atoms with Crippen LogP contribution in [0.25, 0.3) is 11.0 Å². The molecule has 140 valence electrons. The first-order valence-electron chi connectivity index (χ1n) is 9.51. The predicted octanol–water partition coefficient (Wildman–Crippen LogP) is 4.70. The van der Waals surface area contributed by atoms with E-state index in [0.717, 1.165) is 46.5 Å². The Balaban J connectivity index is 1.80. The summed E-state index contributed by atoms with van der Waals surface area (Å²) in [6.07, 6.45) is 2.28. The van der Waals surface area contributed by atoms with Gasteiger partial charge in [-0.25, -0.2) is 4.98 Å². The molecule has 2 aromatic heterocycles. The molecule has 1 N–H and O–H groups in total. The van der Waals surface area contributed by atoms with Crippen LogP contribution in [-0.2, 0) is 12.5 Å². The zero-order valence-corrected chi connectivity index (χ0v) is 16.6. The lowest BCUT2D eigenvalue weighted by Crippen LogP contribution is -2.19. The highest BCUT2D eigenvalue weighted by Gasteiger charge is 2.29. The fourth-order valence-electron chi connectivity index (χ4n) is 3.67. The highest BCUT2D eigenvalue weighted by molar-refractivity contribution is 6.13. The van der Waals surface area contributed by atoms with Gasteiger partial charge in [0.1, 0.15) is 0 Å². The number of fused-ring (bicyclic) bond motifs is 1. The van der Waals surface area contributed by atoms with E-state index in [0.29, 0.717) is 11.5 Å². The average molecular weight is 362 g/mol. The van der Waals surface area contributed by atoms with E-state index in [1.54, 1.807) is 4.68 Å². The maximum Gasteiger partial charge on any atom is 0.256 e. The van der Waals surface area contributed by atoms with Crippen LogP contribution in [0.15, 0.2) is 30.3 Å². The first-order valence-corrected chi connectivity index (χ1v) is 9.51. The van der Waals surface area contributed by atoms with Crippen LogP contribution in [0.3, 0.4) is 0 Å². The summed E-state index contributed by atoms with van der Waals surface area (Å²) in [4.78, 5) is 18.1. The number of para-hydroxylation sites is 1. The number of carbonyl (C=O) groups excluding carboxylic acids is 1. The van der Waals surface area contributed by atoms with Gasteiger partial charge < -0.3 is 5.32 Å². The highest BCUT2D eigenvalue weighted by Crippen LogP contribution is 2.40. The average Bonchev–Trinajstić information content (AvgIpc) is 3.41. The molecule has 0 saturated heterocycles. The van der Waals surface area contributed by atoms with Gasteiger partial charge in [0.15, 0.2) is 5.65 Å². The van der Waals surface area contributed by atoms with E-state index in [4.69, 9.17) is 4.98 Å². The maximum absolute atomic E-state index is 13.3. The summed E-state index contributed by atoms with van der Waals surface area (Å²) in [7, 11) is 1.88. The van der Waals surface area contributed by atoms with Gasteiger partial charge in [-0.2, -0.15) is 5.10 Å². The second-order valence-electron chi connectivity index (χ2n) is 8.53. The number of nitrogens with one attached hydrogen (secondary N) is 1. The number of amides is 1. The van der Waals surface area contributed by atoms with Crippen LogP contribution in [0.4, 0.5) is 5.69 Å². The molecule has 2 heterocycles. The molecule has 1 fully saturated rings. The Bertz CT molecular complexity index is 1040. The predicted molar refractivity (Wildman–Crippen MR) is 108 cm³/mol. The Morgan fingerprint density at radius 3 is 2.59 bits per heavy atom. The Hall–Kier alpha value is -2.69. The molecule has 1 aromatic carbocycles. The molecule has 0 atom stereocenters. The molecule has 1 amide bonds. The fraction of sp³-hybridized carbons (Fsp3) is 0.409. The van der Waals surface area contributed by atoms with Crippen molar-refractivity contribution in [2.45, 2.75) is 51.9 Å². The number of carbonyl (C=O) groups is 1. The smallest absolute Gasteiger partial charge is 0.256 e. The van der Waals surface area contributed by atoms with Gasteiger partial charge in [-0.15, -0.1) is 0 Å². The van der Waals surface area contributed by atoms with Crippen LogP contribution < -0.4 is 5.32 Å². The Morgan fingerprint density at radius 2 is 1.93 bits per heavy atom. The Kier molecular flexibility index (Phi) is 4.06. The van der Waals surface area contributed by atoms with Crippen LogP contribution in [0.1, 0.15) is 66.8 Å². The number of nitrogens with zero attached hydrogens (tertiary/aromatic N) is 3. The highest BCUT2D eigenvalue weighted by atomic mass is 16.1. The summed E-state index contributed by atoms with van der Waals surface area (Å²) in [5.41, 5.74) is 5.20. The fourth-order valence-corrected chi connectivity index (χ4v) is 3.67. The lowest BCUT2D eigenvalue weighted by Gasteiger charge is -2.23. The molecule has 0 unspecified atom stereocenters. The van der Waals surface area contributed by atoms with Gasteiger partial charge >= 0.3 is 0 Å². The van der Waals surface area contributed by atoms with Crippen molar-refractivity contribution in [2.75, 3.05) is 5.32 Å². The molecule has 0 spiro atoms. The third-order valence-corrected chi connectivity index (χ3v) is 5.21. The van der Waals surface area contributed by atoms with Gasteiger partial charge in [0.2, 0.25) is 0 Å². The van der Waals surface area contributed by atoms with Gasteiger partial charge in [-0.1, -0.05) is 39.0 Å². The third-order valence-electron chi connectivity index (χ3n) is 5.21. The Labute approximate surface area is 159 Å².